The number of aryl methyl sites for hydroxylation is 1. The highest BCUT2D eigenvalue weighted by Gasteiger charge is 2.48. The minimum atomic E-state index is -1.07. The molecule has 1 aromatic carbocycles. The summed E-state index contributed by atoms with van der Waals surface area (Å²) in [6, 6.07) is 10.2. The lowest BCUT2D eigenvalue weighted by Crippen LogP contribution is -2.28. The number of nitriles is 1. The van der Waals surface area contributed by atoms with Crippen molar-refractivity contribution in [3.63, 3.8) is 0 Å². The Morgan fingerprint density at radius 2 is 1.89 bits per heavy atom. The summed E-state index contributed by atoms with van der Waals surface area (Å²) in [5, 5.41) is 9.26. The van der Waals surface area contributed by atoms with Gasteiger partial charge in [-0.1, -0.05) is 29.8 Å². The van der Waals surface area contributed by atoms with Crippen LogP contribution < -0.4 is 0 Å². The van der Waals surface area contributed by atoms with Crippen LogP contribution in [0.5, 0.6) is 0 Å². The van der Waals surface area contributed by atoms with Crippen LogP contribution >= 0.6 is 0 Å². The number of nitrogens with zero attached hydrogens (tertiary/aromatic N) is 1. The van der Waals surface area contributed by atoms with Crippen LogP contribution in [0.1, 0.15) is 12.0 Å². The van der Waals surface area contributed by atoms with E-state index in [-0.39, 0.29) is 11.2 Å². The van der Waals surface area contributed by atoms with Crippen molar-refractivity contribution in [1.82, 2.24) is 0 Å². The second kappa shape index (κ2) is 4.37. The van der Waals surface area contributed by atoms with E-state index in [1.54, 1.807) is 0 Å². The summed E-state index contributed by atoms with van der Waals surface area (Å²) >= 11 is 0. The van der Waals surface area contributed by atoms with Gasteiger partial charge in [0.2, 0.25) is 0 Å². The van der Waals surface area contributed by atoms with Crippen molar-refractivity contribution < 1.29 is 4.21 Å². The second-order valence-corrected chi connectivity index (χ2v) is 6.79. The molecule has 2 aliphatic rings. The fourth-order valence-corrected chi connectivity index (χ4v) is 4.83. The lowest BCUT2D eigenvalue weighted by atomic mass is 9.95. The van der Waals surface area contributed by atoms with Crippen LogP contribution in [0.15, 0.2) is 41.3 Å². The van der Waals surface area contributed by atoms with Crippen molar-refractivity contribution in [2.75, 3.05) is 0 Å². The van der Waals surface area contributed by atoms with Gasteiger partial charge in [-0.2, -0.15) is 5.26 Å². The fraction of sp³-hybridized carbons (Fsp3) is 0.400. The normalized spacial score (nSPS) is 34.4. The highest BCUT2D eigenvalue weighted by Crippen LogP contribution is 2.46. The largest absolute Gasteiger partial charge is 0.254 e. The molecule has 0 aliphatic heterocycles. The Balaban J connectivity index is 1.91. The maximum atomic E-state index is 12.6. The highest BCUT2D eigenvalue weighted by atomic mass is 32.2. The topological polar surface area (TPSA) is 40.9 Å². The van der Waals surface area contributed by atoms with E-state index < -0.39 is 10.8 Å². The minimum absolute atomic E-state index is 0.0206. The smallest absolute Gasteiger partial charge is 0.0679 e. The quantitative estimate of drug-likeness (QED) is 0.764. The van der Waals surface area contributed by atoms with Crippen LogP contribution in [-0.4, -0.2) is 9.46 Å². The molecule has 2 aliphatic carbocycles. The standard InChI is InChI=1S/C15H15NOS/c1-10-2-6-13(7-3-10)18(17)15-12-5-4-11(8-12)14(15)9-16/h2-7,11-12,14-15H,8H2,1H3/t11-,12+,14-,15+,18+/m1/s1. The zero-order valence-electron chi connectivity index (χ0n) is 10.2. The minimum Gasteiger partial charge on any atom is -0.254 e. The fourth-order valence-electron chi connectivity index (χ4n) is 3.07. The van der Waals surface area contributed by atoms with Crippen LogP contribution in [0, 0.1) is 36.0 Å². The Kier molecular flexibility index (Phi) is 2.83. The molecule has 0 radical (unpaired) electrons. The average Bonchev–Trinajstić information content (AvgIpc) is 2.98. The SMILES string of the molecule is Cc1ccc([S@](=O)[C@@H]2[C@H](C#N)[C@@H]3C=C[C@H]2C3)cc1. The predicted molar refractivity (Wildman–Crippen MR) is 71.2 cm³/mol. The molecule has 0 aromatic heterocycles. The number of hydrogen-bond acceptors (Lipinski definition) is 2. The van der Waals surface area contributed by atoms with Crippen LogP contribution in [0.4, 0.5) is 0 Å². The molecule has 0 N–H and O–H groups in total. The molecule has 18 heavy (non-hydrogen) atoms. The predicted octanol–water partition coefficient (Wildman–Crippen LogP) is 2.82. The van der Waals surface area contributed by atoms with Crippen LogP contribution in [0.3, 0.4) is 0 Å². The molecule has 0 heterocycles. The van der Waals surface area contributed by atoms with E-state index in [4.69, 9.17) is 0 Å². The van der Waals surface area contributed by atoms with Gasteiger partial charge in [0.15, 0.2) is 0 Å². The molecule has 2 bridgehead atoms. The van der Waals surface area contributed by atoms with E-state index >= 15 is 0 Å². The maximum absolute atomic E-state index is 12.6. The van der Waals surface area contributed by atoms with Gasteiger partial charge in [0.05, 0.1) is 28.0 Å². The van der Waals surface area contributed by atoms with Gasteiger partial charge in [-0.15, -0.1) is 0 Å². The van der Waals surface area contributed by atoms with Crippen molar-refractivity contribution in [3.8, 4) is 6.07 Å². The lowest BCUT2D eigenvalue weighted by molar-refractivity contribution is 0.558. The monoisotopic (exact) mass is 257 g/mol. The van der Waals surface area contributed by atoms with E-state index in [0.717, 1.165) is 11.3 Å². The van der Waals surface area contributed by atoms with Gasteiger partial charge in [0.25, 0.3) is 0 Å². The summed E-state index contributed by atoms with van der Waals surface area (Å²) in [5.74, 6) is 0.559. The Labute approximate surface area is 110 Å². The molecule has 1 saturated carbocycles. The Morgan fingerprint density at radius 3 is 2.56 bits per heavy atom. The van der Waals surface area contributed by atoms with E-state index in [2.05, 4.69) is 18.2 Å². The van der Waals surface area contributed by atoms with E-state index in [1.807, 2.05) is 31.2 Å². The first-order valence-electron chi connectivity index (χ1n) is 6.26. The first-order chi connectivity index (χ1) is 8.70. The van der Waals surface area contributed by atoms with Crippen LogP contribution in [0.25, 0.3) is 0 Å². The summed E-state index contributed by atoms with van der Waals surface area (Å²) in [6.45, 7) is 2.02. The molecule has 1 aromatic rings. The average molecular weight is 257 g/mol. The summed E-state index contributed by atoms with van der Waals surface area (Å²) in [7, 11) is -1.07. The molecule has 3 rings (SSSR count). The van der Waals surface area contributed by atoms with Crippen molar-refractivity contribution in [1.29, 1.82) is 5.26 Å². The van der Waals surface area contributed by atoms with Gasteiger partial charge in [-0.3, -0.25) is 4.21 Å². The zero-order valence-corrected chi connectivity index (χ0v) is 11.1. The van der Waals surface area contributed by atoms with Crippen molar-refractivity contribution >= 4 is 10.8 Å². The number of hydrogen-bond donors (Lipinski definition) is 0. The van der Waals surface area contributed by atoms with E-state index in [1.165, 1.54) is 5.56 Å². The third kappa shape index (κ3) is 1.72. The molecule has 0 spiro atoms. The molecule has 92 valence electrons. The molecule has 0 unspecified atom stereocenters. The van der Waals surface area contributed by atoms with Gasteiger partial charge >= 0.3 is 0 Å². The number of fused-ring (bicyclic) bond motifs is 2. The lowest BCUT2D eigenvalue weighted by Gasteiger charge is -2.22. The van der Waals surface area contributed by atoms with Crippen molar-refractivity contribution in [3.05, 3.63) is 42.0 Å². The summed E-state index contributed by atoms with van der Waals surface area (Å²) in [4.78, 5) is 0.854. The third-order valence-electron chi connectivity index (χ3n) is 4.04. The van der Waals surface area contributed by atoms with E-state index in [0.29, 0.717) is 11.8 Å². The summed E-state index contributed by atoms with van der Waals surface area (Å²) < 4.78 is 12.6. The van der Waals surface area contributed by atoms with Gasteiger partial charge in [-0.05, 0) is 37.3 Å². The summed E-state index contributed by atoms with van der Waals surface area (Å²) in [5.41, 5.74) is 1.17. The molecule has 2 nitrogen and oxygen atoms in total. The number of allylic oxidation sites excluding steroid dienone is 2. The van der Waals surface area contributed by atoms with Gasteiger partial charge in [-0.25, -0.2) is 0 Å². The Bertz CT molecular complexity index is 555. The highest BCUT2D eigenvalue weighted by molar-refractivity contribution is 7.85. The first kappa shape index (κ1) is 11.7. The van der Waals surface area contributed by atoms with Crippen LogP contribution in [0.2, 0.25) is 0 Å². The second-order valence-electron chi connectivity index (χ2n) is 5.18. The molecule has 0 saturated heterocycles. The molecular formula is C15H15NOS. The van der Waals surface area contributed by atoms with Crippen LogP contribution in [-0.2, 0) is 10.8 Å². The van der Waals surface area contributed by atoms with Gasteiger partial charge < -0.3 is 0 Å². The van der Waals surface area contributed by atoms with E-state index in [9.17, 15) is 9.47 Å². The maximum Gasteiger partial charge on any atom is 0.0679 e. The molecular weight excluding hydrogens is 242 g/mol. The Morgan fingerprint density at radius 1 is 1.22 bits per heavy atom. The van der Waals surface area contributed by atoms with Crippen molar-refractivity contribution in [2.24, 2.45) is 17.8 Å². The zero-order chi connectivity index (χ0) is 12.7. The molecule has 1 fully saturated rings. The Hall–Kier alpha value is -1.40. The van der Waals surface area contributed by atoms with Gasteiger partial charge in [0, 0.05) is 4.90 Å². The molecule has 3 heteroatoms. The number of rotatable bonds is 2. The van der Waals surface area contributed by atoms with Gasteiger partial charge in [0.1, 0.15) is 0 Å². The number of benzene rings is 1. The molecule has 5 atom stereocenters. The summed E-state index contributed by atoms with van der Waals surface area (Å²) in [6.07, 6.45) is 5.27. The van der Waals surface area contributed by atoms with Crippen molar-refractivity contribution in [2.45, 2.75) is 23.5 Å². The third-order valence-corrected chi connectivity index (χ3v) is 5.91. The molecule has 0 amide bonds. The first-order valence-corrected chi connectivity index (χ1v) is 7.47.